The van der Waals surface area contributed by atoms with Crippen LogP contribution in [0, 0.1) is 11.3 Å². The zero-order valence-electron chi connectivity index (χ0n) is 4.85. The SMILES string of the molecule is OC[C@@]12CNCC1C2. The van der Waals surface area contributed by atoms with E-state index < -0.39 is 0 Å². The third-order valence-corrected chi connectivity index (χ3v) is 2.54. The number of fused-ring (bicyclic) bond motifs is 1. The molecule has 1 saturated carbocycles. The molecule has 2 N–H and O–H groups in total. The molecule has 0 radical (unpaired) electrons. The Labute approximate surface area is 48.9 Å². The number of hydrogen-bond donors (Lipinski definition) is 2. The van der Waals surface area contributed by atoms with Crippen LogP contribution in [0.4, 0.5) is 0 Å². The molecule has 1 aliphatic heterocycles. The van der Waals surface area contributed by atoms with Gasteiger partial charge in [-0.05, 0) is 18.9 Å². The highest BCUT2D eigenvalue weighted by Gasteiger charge is 2.56. The lowest BCUT2D eigenvalue weighted by Gasteiger charge is -2.03. The van der Waals surface area contributed by atoms with E-state index in [4.69, 9.17) is 5.11 Å². The van der Waals surface area contributed by atoms with Crippen LogP contribution in [0.25, 0.3) is 0 Å². The van der Waals surface area contributed by atoms with Crippen molar-refractivity contribution in [2.75, 3.05) is 19.7 Å². The molecule has 0 aromatic rings. The number of aliphatic hydroxyl groups excluding tert-OH is 1. The van der Waals surface area contributed by atoms with Crippen molar-refractivity contribution in [3.63, 3.8) is 0 Å². The predicted molar refractivity (Wildman–Crippen MR) is 30.5 cm³/mol. The minimum atomic E-state index is 0.347. The first-order valence-corrected chi connectivity index (χ1v) is 3.19. The van der Waals surface area contributed by atoms with Gasteiger partial charge in [-0.2, -0.15) is 0 Å². The average Bonchev–Trinajstić information content (AvgIpc) is 2.38. The molecule has 46 valence electrons. The highest BCUT2D eigenvalue weighted by Crippen LogP contribution is 2.54. The average molecular weight is 113 g/mol. The fourth-order valence-electron chi connectivity index (χ4n) is 1.68. The Bertz CT molecular complexity index is 111. The summed E-state index contributed by atoms with van der Waals surface area (Å²) in [5.74, 6) is 0.812. The molecule has 0 bridgehead atoms. The van der Waals surface area contributed by atoms with E-state index in [1.807, 2.05) is 0 Å². The quantitative estimate of drug-likeness (QED) is 0.484. The molecular weight excluding hydrogens is 102 g/mol. The second-order valence-electron chi connectivity index (χ2n) is 3.05. The van der Waals surface area contributed by atoms with Gasteiger partial charge in [-0.15, -0.1) is 0 Å². The summed E-state index contributed by atoms with van der Waals surface area (Å²) in [5.41, 5.74) is 0.347. The Kier molecular flexibility index (Phi) is 0.746. The number of nitrogens with one attached hydrogen (secondary N) is 1. The Morgan fingerprint density at radius 2 is 2.62 bits per heavy atom. The lowest BCUT2D eigenvalue weighted by molar-refractivity contribution is 0.214. The second-order valence-corrected chi connectivity index (χ2v) is 3.05. The van der Waals surface area contributed by atoms with Crippen LogP contribution in [0.15, 0.2) is 0 Å². The molecule has 1 heterocycles. The van der Waals surface area contributed by atoms with E-state index >= 15 is 0 Å². The maximum Gasteiger partial charge on any atom is 0.0502 e. The van der Waals surface area contributed by atoms with Gasteiger partial charge in [0.15, 0.2) is 0 Å². The molecule has 0 aromatic carbocycles. The minimum absolute atomic E-state index is 0.347. The number of hydrogen-bond acceptors (Lipinski definition) is 2. The van der Waals surface area contributed by atoms with Crippen molar-refractivity contribution in [1.29, 1.82) is 0 Å². The Morgan fingerprint density at radius 3 is 2.88 bits per heavy atom. The van der Waals surface area contributed by atoms with Crippen LogP contribution in [-0.2, 0) is 0 Å². The first kappa shape index (κ1) is 4.77. The summed E-state index contributed by atoms with van der Waals surface area (Å²) >= 11 is 0. The van der Waals surface area contributed by atoms with Crippen LogP contribution in [-0.4, -0.2) is 24.8 Å². The number of aliphatic hydroxyl groups is 1. The standard InChI is InChI=1S/C6H11NO/c8-4-6-1-5(6)2-7-3-6/h5,7-8H,1-4H2/t5?,6-/m1/s1. The summed E-state index contributed by atoms with van der Waals surface area (Å²) < 4.78 is 0. The fraction of sp³-hybridized carbons (Fsp3) is 1.00. The van der Waals surface area contributed by atoms with Gasteiger partial charge in [0.25, 0.3) is 0 Å². The highest BCUT2D eigenvalue weighted by molar-refractivity contribution is 5.08. The Hall–Kier alpha value is -0.0800. The smallest absolute Gasteiger partial charge is 0.0502 e. The van der Waals surface area contributed by atoms with Crippen LogP contribution in [0.1, 0.15) is 6.42 Å². The summed E-state index contributed by atoms with van der Waals surface area (Å²) in [6.45, 7) is 2.58. The van der Waals surface area contributed by atoms with E-state index in [1.54, 1.807) is 0 Å². The van der Waals surface area contributed by atoms with Gasteiger partial charge in [-0.3, -0.25) is 0 Å². The van der Waals surface area contributed by atoms with Crippen LogP contribution < -0.4 is 5.32 Å². The molecule has 0 spiro atoms. The molecule has 1 saturated heterocycles. The van der Waals surface area contributed by atoms with E-state index in [1.165, 1.54) is 6.42 Å². The molecule has 2 atom stereocenters. The number of piperidine rings is 1. The van der Waals surface area contributed by atoms with Crippen molar-refractivity contribution < 1.29 is 5.11 Å². The maximum absolute atomic E-state index is 8.83. The molecule has 8 heavy (non-hydrogen) atoms. The minimum Gasteiger partial charge on any atom is -0.396 e. The molecule has 1 unspecified atom stereocenters. The molecule has 2 aliphatic rings. The lowest BCUT2D eigenvalue weighted by Crippen LogP contribution is -2.18. The summed E-state index contributed by atoms with van der Waals surface area (Å²) in [7, 11) is 0. The van der Waals surface area contributed by atoms with E-state index in [2.05, 4.69) is 5.32 Å². The largest absolute Gasteiger partial charge is 0.396 e. The van der Waals surface area contributed by atoms with E-state index in [0.717, 1.165) is 19.0 Å². The normalized spacial score (nSPS) is 51.4. The predicted octanol–water partition coefficient (Wildman–Crippen LogP) is -0.412. The lowest BCUT2D eigenvalue weighted by atomic mass is 10.1. The van der Waals surface area contributed by atoms with Gasteiger partial charge in [0.2, 0.25) is 0 Å². The van der Waals surface area contributed by atoms with E-state index in [0.29, 0.717) is 12.0 Å². The maximum atomic E-state index is 8.83. The van der Waals surface area contributed by atoms with Crippen molar-refractivity contribution >= 4 is 0 Å². The first-order chi connectivity index (χ1) is 3.87. The summed E-state index contributed by atoms with van der Waals surface area (Å²) in [5, 5.41) is 12.1. The van der Waals surface area contributed by atoms with Crippen LogP contribution in [0.2, 0.25) is 0 Å². The van der Waals surface area contributed by atoms with Gasteiger partial charge in [0.05, 0.1) is 6.61 Å². The van der Waals surface area contributed by atoms with Crippen LogP contribution >= 0.6 is 0 Å². The third kappa shape index (κ3) is 0.400. The zero-order valence-corrected chi connectivity index (χ0v) is 4.85. The van der Waals surface area contributed by atoms with Crippen LogP contribution in [0.5, 0.6) is 0 Å². The third-order valence-electron chi connectivity index (χ3n) is 2.54. The molecule has 2 fully saturated rings. The molecule has 0 amide bonds. The zero-order chi connectivity index (χ0) is 5.61. The van der Waals surface area contributed by atoms with Gasteiger partial charge in [0.1, 0.15) is 0 Å². The highest BCUT2D eigenvalue weighted by atomic mass is 16.3. The van der Waals surface area contributed by atoms with Crippen molar-refractivity contribution in [2.45, 2.75) is 6.42 Å². The van der Waals surface area contributed by atoms with Gasteiger partial charge >= 0.3 is 0 Å². The van der Waals surface area contributed by atoms with Gasteiger partial charge in [-0.25, -0.2) is 0 Å². The van der Waals surface area contributed by atoms with Crippen molar-refractivity contribution in [3.8, 4) is 0 Å². The molecule has 0 aromatic heterocycles. The van der Waals surface area contributed by atoms with Crippen molar-refractivity contribution in [2.24, 2.45) is 11.3 Å². The van der Waals surface area contributed by atoms with Gasteiger partial charge in [0, 0.05) is 12.0 Å². The summed E-state index contributed by atoms with van der Waals surface area (Å²) in [6.07, 6.45) is 1.26. The second kappa shape index (κ2) is 1.25. The van der Waals surface area contributed by atoms with E-state index in [-0.39, 0.29) is 0 Å². The topological polar surface area (TPSA) is 32.3 Å². The monoisotopic (exact) mass is 113 g/mol. The van der Waals surface area contributed by atoms with Crippen LogP contribution in [0.3, 0.4) is 0 Å². The van der Waals surface area contributed by atoms with Crippen molar-refractivity contribution in [1.82, 2.24) is 5.32 Å². The Balaban J connectivity index is 2.08. The molecule has 2 nitrogen and oxygen atoms in total. The van der Waals surface area contributed by atoms with Gasteiger partial charge < -0.3 is 10.4 Å². The number of rotatable bonds is 1. The molecule has 1 aliphatic carbocycles. The van der Waals surface area contributed by atoms with Gasteiger partial charge in [-0.1, -0.05) is 0 Å². The molecule has 2 heteroatoms. The fourth-order valence-corrected chi connectivity index (χ4v) is 1.68. The van der Waals surface area contributed by atoms with E-state index in [9.17, 15) is 0 Å². The van der Waals surface area contributed by atoms with Crippen molar-refractivity contribution in [3.05, 3.63) is 0 Å². The molecular formula is C6H11NO. The summed E-state index contributed by atoms with van der Waals surface area (Å²) in [4.78, 5) is 0. The summed E-state index contributed by atoms with van der Waals surface area (Å²) in [6, 6.07) is 0. The molecule has 2 rings (SSSR count). The Morgan fingerprint density at radius 1 is 1.75 bits per heavy atom. The first-order valence-electron chi connectivity index (χ1n) is 3.19.